The van der Waals surface area contributed by atoms with Crippen LogP contribution in [0, 0.1) is 5.82 Å². The molecular weight excluding hydrogens is 390 g/mol. The zero-order valence-electron chi connectivity index (χ0n) is 16.1. The van der Waals surface area contributed by atoms with E-state index in [2.05, 4.69) is 4.98 Å². The van der Waals surface area contributed by atoms with E-state index in [0.717, 1.165) is 18.4 Å². The molecule has 0 saturated heterocycles. The van der Waals surface area contributed by atoms with Crippen LogP contribution in [0.5, 0.6) is 0 Å². The molecule has 1 fully saturated rings. The minimum atomic E-state index is -4.86. The number of nitrogens with zero attached hydrogens (tertiary/aromatic N) is 3. The van der Waals surface area contributed by atoms with Crippen LogP contribution in [-0.4, -0.2) is 37.4 Å². The Balaban J connectivity index is 1.64. The summed E-state index contributed by atoms with van der Waals surface area (Å²) in [5.41, 5.74) is -1.20. The predicted octanol–water partition coefficient (Wildman–Crippen LogP) is 3.74. The first-order chi connectivity index (χ1) is 13.5. The molecule has 9 heteroatoms. The van der Waals surface area contributed by atoms with E-state index in [1.54, 1.807) is 17.9 Å². The van der Waals surface area contributed by atoms with Crippen molar-refractivity contribution in [3.8, 4) is 0 Å². The van der Waals surface area contributed by atoms with Gasteiger partial charge in [0.15, 0.2) is 5.82 Å². The maximum Gasteiger partial charge on any atom is 0.424 e. The van der Waals surface area contributed by atoms with Gasteiger partial charge in [-0.15, -0.1) is 0 Å². The van der Waals surface area contributed by atoms with E-state index in [-0.39, 0.29) is 24.8 Å². The molecule has 1 aliphatic carbocycles. The second-order valence-electron chi connectivity index (χ2n) is 8.21. The Labute approximate surface area is 165 Å². The molecule has 2 aliphatic rings. The number of aliphatic hydroxyl groups excluding tert-OH is 1. The first-order valence-electron chi connectivity index (χ1n) is 9.58. The molecule has 0 spiro atoms. The fourth-order valence-electron chi connectivity index (χ4n) is 4.10. The van der Waals surface area contributed by atoms with Crippen molar-refractivity contribution in [2.24, 2.45) is 0 Å². The van der Waals surface area contributed by atoms with Crippen molar-refractivity contribution in [2.45, 2.75) is 63.2 Å². The first kappa shape index (κ1) is 20.3. The summed E-state index contributed by atoms with van der Waals surface area (Å²) in [7, 11) is 0. The van der Waals surface area contributed by atoms with E-state index >= 15 is 0 Å². The summed E-state index contributed by atoms with van der Waals surface area (Å²) < 4.78 is 55.0. The lowest BCUT2D eigenvalue weighted by molar-refractivity contribution is -0.263. The Hall–Kier alpha value is -1.97. The summed E-state index contributed by atoms with van der Waals surface area (Å²) in [5.74, 6) is -0.578. The second kappa shape index (κ2) is 6.78. The molecule has 3 atom stereocenters. The third-order valence-corrected chi connectivity index (χ3v) is 5.86. The Morgan fingerprint density at radius 2 is 1.93 bits per heavy atom. The zero-order valence-corrected chi connectivity index (χ0v) is 16.1. The SMILES string of the molecule is C[C@H]1CN(C(O)c2ccc(F)cc2C2CC2)Cc2cnc(C(C)(O)C(F)(F)F)n21. The van der Waals surface area contributed by atoms with Gasteiger partial charge in [-0.25, -0.2) is 9.37 Å². The highest BCUT2D eigenvalue weighted by Crippen LogP contribution is 2.45. The van der Waals surface area contributed by atoms with E-state index in [0.29, 0.717) is 18.2 Å². The highest BCUT2D eigenvalue weighted by molar-refractivity contribution is 5.35. The minimum Gasteiger partial charge on any atom is -0.374 e. The number of hydrogen-bond donors (Lipinski definition) is 2. The van der Waals surface area contributed by atoms with Crippen LogP contribution in [0.1, 0.15) is 67.5 Å². The summed E-state index contributed by atoms with van der Waals surface area (Å²) in [4.78, 5) is 5.58. The summed E-state index contributed by atoms with van der Waals surface area (Å²) in [6.07, 6.45) is -2.68. The van der Waals surface area contributed by atoms with E-state index in [9.17, 15) is 27.8 Å². The molecule has 2 aromatic rings. The molecule has 1 saturated carbocycles. The van der Waals surface area contributed by atoms with Crippen molar-refractivity contribution in [3.63, 3.8) is 0 Å². The molecule has 1 aliphatic heterocycles. The van der Waals surface area contributed by atoms with Gasteiger partial charge >= 0.3 is 6.18 Å². The quantitative estimate of drug-likeness (QED) is 0.750. The molecule has 5 nitrogen and oxygen atoms in total. The van der Waals surface area contributed by atoms with Crippen molar-refractivity contribution >= 4 is 0 Å². The first-order valence-corrected chi connectivity index (χ1v) is 9.58. The third-order valence-electron chi connectivity index (χ3n) is 5.86. The van der Waals surface area contributed by atoms with Crippen molar-refractivity contribution in [1.82, 2.24) is 14.5 Å². The van der Waals surface area contributed by atoms with Crippen molar-refractivity contribution in [1.29, 1.82) is 0 Å². The highest BCUT2D eigenvalue weighted by Gasteiger charge is 2.55. The van der Waals surface area contributed by atoms with Crippen LogP contribution in [0.25, 0.3) is 0 Å². The van der Waals surface area contributed by atoms with Gasteiger partial charge in [-0.05, 0) is 55.9 Å². The van der Waals surface area contributed by atoms with Crippen LogP contribution < -0.4 is 0 Å². The normalized spacial score (nSPS) is 23.5. The van der Waals surface area contributed by atoms with Gasteiger partial charge in [-0.2, -0.15) is 13.2 Å². The van der Waals surface area contributed by atoms with Gasteiger partial charge in [-0.1, -0.05) is 6.07 Å². The number of halogens is 4. The number of aliphatic hydroxyl groups is 2. The molecule has 158 valence electrons. The van der Waals surface area contributed by atoms with Gasteiger partial charge in [-0.3, -0.25) is 4.90 Å². The highest BCUT2D eigenvalue weighted by atomic mass is 19.4. The maximum atomic E-state index is 13.7. The molecule has 2 unspecified atom stereocenters. The van der Waals surface area contributed by atoms with Crippen molar-refractivity contribution in [3.05, 3.63) is 52.9 Å². The molecule has 0 bridgehead atoms. The van der Waals surface area contributed by atoms with Gasteiger partial charge in [0, 0.05) is 25.3 Å². The summed E-state index contributed by atoms with van der Waals surface area (Å²) in [6, 6.07) is 3.88. The Kier molecular flexibility index (Phi) is 4.75. The Bertz CT molecular complexity index is 921. The maximum absolute atomic E-state index is 13.7. The summed E-state index contributed by atoms with van der Waals surface area (Å²) in [6.45, 7) is 2.82. The van der Waals surface area contributed by atoms with Crippen LogP contribution in [-0.2, 0) is 12.1 Å². The number of hydrogen-bond acceptors (Lipinski definition) is 4. The Morgan fingerprint density at radius 1 is 1.24 bits per heavy atom. The molecule has 1 aromatic carbocycles. The molecule has 2 N–H and O–H groups in total. The third kappa shape index (κ3) is 3.45. The van der Waals surface area contributed by atoms with Gasteiger partial charge in [0.25, 0.3) is 0 Å². The summed E-state index contributed by atoms with van der Waals surface area (Å²) in [5, 5.41) is 21.0. The molecule has 29 heavy (non-hydrogen) atoms. The zero-order chi connectivity index (χ0) is 21.1. The molecule has 2 heterocycles. The monoisotopic (exact) mass is 413 g/mol. The van der Waals surface area contributed by atoms with Crippen LogP contribution >= 0.6 is 0 Å². The minimum absolute atomic E-state index is 0.161. The lowest BCUT2D eigenvalue weighted by Gasteiger charge is -2.38. The molecule has 4 rings (SSSR count). The number of benzene rings is 1. The average molecular weight is 413 g/mol. The number of aromatic nitrogens is 2. The Morgan fingerprint density at radius 3 is 2.55 bits per heavy atom. The van der Waals surface area contributed by atoms with Crippen LogP contribution in [0.4, 0.5) is 17.6 Å². The topological polar surface area (TPSA) is 61.5 Å². The van der Waals surface area contributed by atoms with Crippen LogP contribution in [0.15, 0.2) is 24.4 Å². The van der Waals surface area contributed by atoms with E-state index in [1.165, 1.54) is 22.9 Å². The van der Waals surface area contributed by atoms with Crippen molar-refractivity contribution in [2.75, 3.05) is 6.54 Å². The number of imidazole rings is 1. The molecular formula is C20H23F4N3O2. The van der Waals surface area contributed by atoms with Gasteiger partial charge in [0.05, 0.1) is 5.69 Å². The second-order valence-corrected chi connectivity index (χ2v) is 8.21. The van der Waals surface area contributed by atoms with E-state index in [1.807, 2.05) is 0 Å². The average Bonchev–Trinajstić information content (AvgIpc) is 3.38. The molecule has 0 amide bonds. The summed E-state index contributed by atoms with van der Waals surface area (Å²) >= 11 is 0. The van der Waals surface area contributed by atoms with Crippen LogP contribution in [0.2, 0.25) is 0 Å². The predicted molar refractivity (Wildman–Crippen MR) is 96.3 cm³/mol. The van der Waals surface area contributed by atoms with Crippen molar-refractivity contribution < 1.29 is 27.8 Å². The standard InChI is InChI=1S/C20H23F4N3O2/c1-11-9-26(17(28)15-6-5-13(21)7-16(15)12-3-4-12)10-14-8-25-18(27(11)14)19(2,29)20(22,23)24/h5-8,11-12,17,28-29H,3-4,9-10H2,1-2H3/t11-,17?,19?/m0/s1. The molecule has 0 radical (unpaired) electrons. The smallest absolute Gasteiger partial charge is 0.374 e. The fourth-order valence-corrected chi connectivity index (χ4v) is 4.10. The molecule has 1 aromatic heterocycles. The van der Waals surface area contributed by atoms with Gasteiger partial charge in [0.1, 0.15) is 12.0 Å². The number of alkyl halides is 3. The van der Waals surface area contributed by atoms with E-state index < -0.39 is 29.9 Å². The van der Waals surface area contributed by atoms with Gasteiger partial charge < -0.3 is 14.8 Å². The number of rotatable bonds is 4. The number of fused-ring (bicyclic) bond motifs is 1. The lowest BCUT2D eigenvalue weighted by Crippen LogP contribution is -2.45. The lowest BCUT2D eigenvalue weighted by atomic mass is 10.00. The van der Waals surface area contributed by atoms with E-state index in [4.69, 9.17) is 0 Å². The largest absolute Gasteiger partial charge is 0.424 e. The van der Waals surface area contributed by atoms with Gasteiger partial charge in [0.2, 0.25) is 5.60 Å². The van der Waals surface area contributed by atoms with Crippen LogP contribution in [0.3, 0.4) is 0 Å². The fraction of sp³-hybridized carbons (Fsp3) is 0.550.